The van der Waals surface area contributed by atoms with E-state index >= 15 is 0 Å². The molecule has 1 fully saturated rings. The molecule has 0 aliphatic heterocycles. The highest BCUT2D eigenvalue weighted by Gasteiger charge is 2.40. The van der Waals surface area contributed by atoms with Crippen molar-refractivity contribution >= 4 is 23.0 Å². The second-order valence-corrected chi connectivity index (χ2v) is 9.75. The second kappa shape index (κ2) is 7.43. The van der Waals surface area contributed by atoms with Crippen molar-refractivity contribution < 1.29 is 14.3 Å². The lowest BCUT2D eigenvalue weighted by atomic mass is 9.91. The van der Waals surface area contributed by atoms with Gasteiger partial charge in [-0.15, -0.1) is 5.10 Å². The standard InChI is InChI=1S/C23H28N6O3/c1-23(2,3)32-22(31)28-13-14-12-16(10-11-18(14)25-28)29(15-8-9-15)21(30)17-6-5-7-19-20(17)27(4)26-24-19/h5-7,13,15-16H,8-12H2,1-4H3. The van der Waals surface area contributed by atoms with Crippen molar-refractivity contribution in [3.8, 4) is 0 Å². The number of nitrogens with zero attached hydrogens (tertiary/aromatic N) is 6. The summed E-state index contributed by atoms with van der Waals surface area (Å²) in [7, 11) is 1.81. The molecule has 0 saturated heterocycles. The van der Waals surface area contributed by atoms with Gasteiger partial charge in [0.25, 0.3) is 5.91 Å². The van der Waals surface area contributed by atoms with Crippen LogP contribution in [0.1, 0.15) is 61.6 Å². The number of hydrogen-bond acceptors (Lipinski definition) is 6. The summed E-state index contributed by atoms with van der Waals surface area (Å²) in [4.78, 5) is 28.2. The number of carbonyl (C=O) groups excluding carboxylic acids is 2. The molecule has 9 nitrogen and oxygen atoms in total. The van der Waals surface area contributed by atoms with Crippen LogP contribution >= 0.6 is 0 Å². The van der Waals surface area contributed by atoms with Crippen LogP contribution in [0.5, 0.6) is 0 Å². The van der Waals surface area contributed by atoms with Gasteiger partial charge >= 0.3 is 6.09 Å². The van der Waals surface area contributed by atoms with Crippen LogP contribution in [-0.2, 0) is 24.6 Å². The first-order valence-corrected chi connectivity index (χ1v) is 11.1. The van der Waals surface area contributed by atoms with E-state index in [0.29, 0.717) is 12.0 Å². The van der Waals surface area contributed by atoms with Gasteiger partial charge in [-0.05, 0) is 70.6 Å². The SMILES string of the molecule is Cn1nnc2cccc(C(=O)N(C3CC3)C3CCc4nn(C(=O)OC(C)(C)C)cc4C3)c21. The van der Waals surface area contributed by atoms with E-state index in [-0.39, 0.29) is 18.0 Å². The molecule has 0 radical (unpaired) electrons. The monoisotopic (exact) mass is 436 g/mol. The van der Waals surface area contributed by atoms with Gasteiger partial charge in [-0.2, -0.15) is 9.78 Å². The number of aryl methyl sites for hydroxylation is 2. The van der Waals surface area contributed by atoms with Crippen LogP contribution in [0.3, 0.4) is 0 Å². The molecule has 1 unspecified atom stereocenters. The molecule has 0 N–H and O–H groups in total. The van der Waals surface area contributed by atoms with Crippen molar-refractivity contribution in [2.24, 2.45) is 7.05 Å². The highest BCUT2D eigenvalue weighted by Crippen LogP contribution is 2.35. The van der Waals surface area contributed by atoms with Gasteiger partial charge in [0, 0.05) is 25.3 Å². The first-order valence-electron chi connectivity index (χ1n) is 11.1. The Bertz CT molecular complexity index is 1200. The average Bonchev–Trinajstić information content (AvgIpc) is 3.34. The minimum atomic E-state index is -0.580. The van der Waals surface area contributed by atoms with Crippen molar-refractivity contribution in [1.82, 2.24) is 29.7 Å². The van der Waals surface area contributed by atoms with E-state index in [0.717, 1.165) is 48.0 Å². The Balaban J connectivity index is 1.41. The molecule has 2 aliphatic carbocycles. The molecule has 2 aromatic heterocycles. The molecule has 1 saturated carbocycles. The largest absolute Gasteiger partial charge is 0.442 e. The minimum Gasteiger partial charge on any atom is -0.442 e. The lowest BCUT2D eigenvalue weighted by Crippen LogP contribution is -2.45. The number of para-hydroxylation sites is 1. The summed E-state index contributed by atoms with van der Waals surface area (Å²) in [5, 5.41) is 12.7. The summed E-state index contributed by atoms with van der Waals surface area (Å²) in [6.45, 7) is 5.51. The van der Waals surface area contributed by atoms with Crippen molar-refractivity contribution in [2.45, 2.75) is 70.6 Å². The average molecular weight is 437 g/mol. The molecule has 5 rings (SSSR count). The zero-order valence-corrected chi connectivity index (χ0v) is 18.9. The maximum atomic E-state index is 13.7. The third-order valence-electron chi connectivity index (χ3n) is 6.05. The first-order chi connectivity index (χ1) is 15.2. The Hall–Kier alpha value is -3.23. The molecular formula is C23H28N6O3. The zero-order chi connectivity index (χ0) is 22.6. The summed E-state index contributed by atoms with van der Waals surface area (Å²) < 4.78 is 8.41. The molecular weight excluding hydrogens is 408 g/mol. The second-order valence-electron chi connectivity index (χ2n) is 9.75. The highest BCUT2D eigenvalue weighted by atomic mass is 16.6. The number of aromatic nitrogens is 5. The molecule has 1 aromatic carbocycles. The van der Waals surface area contributed by atoms with Gasteiger partial charge in [-0.25, -0.2) is 9.48 Å². The normalized spacial score (nSPS) is 18.4. The fraction of sp³-hybridized carbons (Fsp3) is 0.522. The third-order valence-corrected chi connectivity index (χ3v) is 6.05. The lowest BCUT2D eigenvalue weighted by Gasteiger charge is -2.34. The van der Waals surface area contributed by atoms with Crippen LogP contribution in [0.4, 0.5) is 4.79 Å². The zero-order valence-electron chi connectivity index (χ0n) is 18.9. The number of rotatable bonds is 3. The van der Waals surface area contributed by atoms with E-state index in [1.165, 1.54) is 4.68 Å². The number of benzene rings is 1. The smallest absolute Gasteiger partial charge is 0.435 e. The van der Waals surface area contributed by atoms with Gasteiger partial charge < -0.3 is 9.64 Å². The molecule has 0 bridgehead atoms. The van der Waals surface area contributed by atoms with E-state index in [9.17, 15) is 9.59 Å². The number of fused-ring (bicyclic) bond motifs is 2. The summed E-state index contributed by atoms with van der Waals surface area (Å²) in [5.74, 6) is 0.0245. The van der Waals surface area contributed by atoms with Crippen molar-refractivity contribution in [3.63, 3.8) is 0 Å². The van der Waals surface area contributed by atoms with E-state index in [1.807, 2.05) is 46.0 Å². The molecule has 0 spiro atoms. The first kappa shape index (κ1) is 20.7. The van der Waals surface area contributed by atoms with Crippen LogP contribution in [0, 0.1) is 0 Å². The molecule has 1 amide bonds. The quantitative estimate of drug-likeness (QED) is 0.626. The van der Waals surface area contributed by atoms with Crippen molar-refractivity contribution in [1.29, 1.82) is 0 Å². The topological polar surface area (TPSA) is 95.1 Å². The number of ether oxygens (including phenoxy) is 1. The molecule has 1 atom stereocenters. The minimum absolute atomic E-state index is 0.0245. The predicted octanol–water partition coefficient (Wildman–Crippen LogP) is 3.11. The molecule has 3 aromatic rings. The van der Waals surface area contributed by atoms with Gasteiger partial charge in [-0.3, -0.25) is 4.79 Å². The van der Waals surface area contributed by atoms with Gasteiger partial charge in [0.2, 0.25) is 0 Å². The Labute approximate surface area is 186 Å². The van der Waals surface area contributed by atoms with E-state index in [4.69, 9.17) is 4.74 Å². The predicted molar refractivity (Wildman–Crippen MR) is 117 cm³/mol. The Morgan fingerprint density at radius 1 is 1.16 bits per heavy atom. The highest BCUT2D eigenvalue weighted by molar-refractivity contribution is 6.05. The summed E-state index contributed by atoms with van der Waals surface area (Å²) in [6, 6.07) is 5.91. The maximum Gasteiger partial charge on any atom is 0.435 e. The van der Waals surface area contributed by atoms with Crippen molar-refractivity contribution in [3.05, 3.63) is 41.2 Å². The summed E-state index contributed by atoms with van der Waals surface area (Å²) in [6.07, 6.45) is 5.55. The molecule has 9 heteroatoms. The lowest BCUT2D eigenvalue weighted by molar-refractivity contribution is 0.0513. The van der Waals surface area contributed by atoms with E-state index in [2.05, 4.69) is 20.3 Å². The molecule has 2 heterocycles. The van der Waals surface area contributed by atoms with Gasteiger partial charge in [0.1, 0.15) is 16.6 Å². The number of amides is 1. The van der Waals surface area contributed by atoms with Crippen LogP contribution in [-0.4, -0.2) is 59.4 Å². The fourth-order valence-corrected chi connectivity index (χ4v) is 4.53. The van der Waals surface area contributed by atoms with E-state index in [1.54, 1.807) is 10.9 Å². The fourth-order valence-electron chi connectivity index (χ4n) is 4.53. The number of carbonyl (C=O) groups is 2. The number of hydrogen-bond donors (Lipinski definition) is 0. The maximum absolute atomic E-state index is 13.7. The van der Waals surface area contributed by atoms with Gasteiger partial charge in [0.05, 0.1) is 11.3 Å². The third kappa shape index (κ3) is 3.76. The van der Waals surface area contributed by atoms with Crippen LogP contribution < -0.4 is 0 Å². The van der Waals surface area contributed by atoms with E-state index < -0.39 is 11.7 Å². The van der Waals surface area contributed by atoms with Gasteiger partial charge in [0.15, 0.2) is 0 Å². The van der Waals surface area contributed by atoms with Crippen LogP contribution in [0.2, 0.25) is 0 Å². The van der Waals surface area contributed by atoms with Crippen LogP contribution in [0.15, 0.2) is 24.4 Å². The Morgan fingerprint density at radius 3 is 2.66 bits per heavy atom. The molecule has 168 valence electrons. The Kier molecular flexibility index (Phi) is 4.79. The summed E-state index contributed by atoms with van der Waals surface area (Å²) >= 11 is 0. The summed E-state index contributed by atoms with van der Waals surface area (Å²) in [5.41, 5.74) is 3.45. The van der Waals surface area contributed by atoms with Crippen LogP contribution in [0.25, 0.3) is 11.0 Å². The molecule has 2 aliphatic rings. The molecule has 32 heavy (non-hydrogen) atoms. The van der Waals surface area contributed by atoms with Crippen molar-refractivity contribution in [2.75, 3.05) is 0 Å². The van der Waals surface area contributed by atoms with Gasteiger partial charge in [-0.1, -0.05) is 11.3 Å². The Morgan fingerprint density at radius 2 is 1.94 bits per heavy atom.